The zero-order valence-corrected chi connectivity index (χ0v) is 11.7. The van der Waals surface area contributed by atoms with Gasteiger partial charge < -0.3 is 20.1 Å². The molecule has 20 heavy (non-hydrogen) atoms. The summed E-state index contributed by atoms with van der Waals surface area (Å²) in [7, 11) is 3.88. The number of likely N-dealkylation sites (N-methyl/N-ethyl adjacent to an activating group) is 1. The highest BCUT2D eigenvalue weighted by atomic mass is 16.2. The first-order valence-electron chi connectivity index (χ1n) is 6.62. The third-order valence-corrected chi connectivity index (χ3v) is 3.73. The minimum absolute atomic E-state index is 0.00949. The van der Waals surface area contributed by atoms with Crippen LogP contribution in [0.25, 0.3) is 0 Å². The molecule has 0 radical (unpaired) electrons. The number of hydrogen-bond acceptors (Lipinski definition) is 3. The second kappa shape index (κ2) is 4.59. The van der Waals surface area contributed by atoms with Gasteiger partial charge in [-0.15, -0.1) is 0 Å². The van der Waals surface area contributed by atoms with Gasteiger partial charge in [0, 0.05) is 33.4 Å². The van der Waals surface area contributed by atoms with E-state index in [-0.39, 0.29) is 5.91 Å². The first-order chi connectivity index (χ1) is 9.58. The summed E-state index contributed by atoms with van der Waals surface area (Å²) in [5.74, 6) is -0.00949. The molecule has 1 aromatic carbocycles. The molecule has 0 saturated heterocycles. The van der Waals surface area contributed by atoms with Gasteiger partial charge in [0.25, 0.3) is 5.91 Å². The van der Waals surface area contributed by atoms with Gasteiger partial charge in [-0.2, -0.15) is 0 Å². The fourth-order valence-electron chi connectivity index (χ4n) is 2.66. The smallest absolute Gasteiger partial charge is 0.275 e. The lowest BCUT2D eigenvalue weighted by atomic mass is 10.1. The van der Waals surface area contributed by atoms with Crippen LogP contribution in [-0.2, 0) is 7.05 Å². The van der Waals surface area contributed by atoms with E-state index in [2.05, 4.69) is 4.90 Å². The number of nitrogens with two attached hydrogens (primary N) is 1. The number of amides is 1. The van der Waals surface area contributed by atoms with Crippen molar-refractivity contribution in [1.82, 2.24) is 4.57 Å². The van der Waals surface area contributed by atoms with Crippen molar-refractivity contribution in [3.63, 3.8) is 0 Å². The molecule has 5 heteroatoms. The van der Waals surface area contributed by atoms with Crippen LogP contribution in [0, 0.1) is 0 Å². The summed E-state index contributed by atoms with van der Waals surface area (Å²) in [5.41, 5.74) is 9.01. The molecule has 5 nitrogen and oxygen atoms in total. The zero-order valence-electron chi connectivity index (χ0n) is 11.7. The fourth-order valence-corrected chi connectivity index (χ4v) is 2.66. The monoisotopic (exact) mass is 270 g/mol. The summed E-state index contributed by atoms with van der Waals surface area (Å²) in [6.45, 7) is 1.50. The van der Waals surface area contributed by atoms with Crippen LogP contribution in [0.5, 0.6) is 0 Å². The van der Waals surface area contributed by atoms with E-state index in [1.165, 1.54) is 0 Å². The van der Waals surface area contributed by atoms with Crippen molar-refractivity contribution in [2.75, 3.05) is 35.7 Å². The molecule has 0 fully saturated rings. The minimum Gasteiger partial charge on any atom is -0.397 e. The largest absolute Gasteiger partial charge is 0.397 e. The number of nitrogens with zero attached hydrogens (tertiary/aromatic N) is 3. The molecule has 1 aliphatic heterocycles. The average Bonchev–Trinajstić information content (AvgIpc) is 2.78. The van der Waals surface area contributed by atoms with Crippen molar-refractivity contribution in [2.24, 2.45) is 7.05 Å². The normalized spacial score (nSPS) is 14.3. The first kappa shape index (κ1) is 12.6. The number of aryl methyl sites for hydroxylation is 1. The van der Waals surface area contributed by atoms with Crippen LogP contribution < -0.4 is 15.5 Å². The Balaban J connectivity index is 2.01. The Kier molecular flexibility index (Phi) is 2.89. The third-order valence-electron chi connectivity index (χ3n) is 3.73. The van der Waals surface area contributed by atoms with Crippen LogP contribution >= 0.6 is 0 Å². The number of carbonyl (C=O) groups excluding carboxylic acids is 1. The predicted octanol–water partition coefficient (Wildman–Crippen LogP) is 1.70. The Morgan fingerprint density at radius 2 is 1.85 bits per heavy atom. The van der Waals surface area contributed by atoms with Gasteiger partial charge in [0.2, 0.25) is 0 Å². The van der Waals surface area contributed by atoms with Crippen molar-refractivity contribution in [3.05, 3.63) is 42.2 Å². The molecule has 0 atom stereocenters. The third kappa shape index (κ3) is 1.91. The number of rotatable bonds is 1. The van der Waals surface area contributed by atoms with Crippen molar-refractivity contribution < 1.29 is 4.79 Å². The molecule has 1 aromatic heterocycles. The summed E-state index contributed by atoms with van der Waals surface area (Å²) in [6, 6.07) is 9.69. The molecule has 1 aliphatic rings. The van der Waals surface area contributed by atoms with Crippen LogP contribution in [0.3, 0.4) is 0 Å². The van der Waals surface area contributed by atoms with Crippen LogP contribution in [0.1, 0.15) is 10.5 Å². The standard InChI is InChI=1S/C15H18N4O/c1-17-7-8-19(13-6-4-3-5-12(13)17)15(20)14-9-11(16)10-18(14)2/h3-6,9-10H,7-8,16H2,1-2H3. The highest BCUT2D eigenvalue weighted by molar-refractivity contribution is 6.08. The first-order valence-corrected chi connectivity index (χ1v) is 6.62. The molecule has 104 valence electrons. The van der Waals surface area contributed by atoms with Gasteiger partial charge in [-0.3, -0.25) is 4.79 Å². The number of aromatic nitrogens is 1. The van der Waals surface area contributed by atoms with Crippen LogP contribution in [0.2, 0.25) is 0 Å². The molecule has 2 aromatic rings. The quantitative estimate of drug-likeness (QED) is 0.858. The van der Waals surface area contributed by atoms with Crippen LogP contribution in [0.4, 0.5) is 17.1 Å². The van der Waals surface area contributed by atoms with Crippen molar-refractivity contribution in [1.29, 1.82) is 0 Å². The Labute approximate surface area is 118 Å². The maximum Gasteiger partial charge on any atom is 0.275 e. The van der Waals surface area contributed by atoms with Crippen molar-refractivity contribution >= 4 is 23.0 Å². The summed E-state index contributed by atoms with van der Waals surface area (Å²) in [4.78, 5) is 16.7. The maximum atomic E-state index is 12.7. The molecule has 0 aliphatic carbocycles. The molecule has 1 amide bonds. The zero-order chi connectivity index (χ0) is 14.3. The number of carbonyl (C=O) groups is 1. The molecule has 0 saturated carbocycles. The molecule has 2 N–H and O–H groups in total. The summed E-state index contributed by atoms with van der Waals surface area (Å²) < 4.78 is 1.78. The average molecular weight is 270 g/mol. The van der Waals surface area contributed by atoms with Gasteiger partial charge in [0.1, 0.15) is 5.69 Å². The van der Waals surface area contributed by atoms with E-state index < -0.39 is 0 Å². The van der Waals surface area contributed by atoms with E-state index in [1.807, 2.05) is 43.3 Å². The topological polar surface area (TPSA) is 54.5 Å². The number of fused-ring (bicyclic) bond motifs is 1. The van der Waals surface area contributed by atoms with E-state index in [4.69, 9.17) is 5.73 Å². The molecule has 0 spiro atoms. The summed E-state index contributed by atoms with van der Waals surface area (Å²) in [6.07, 6.45) is 1.76. The number of anilines is 3. The second-order valence-electron chi connectivity index (χ2n) is 5.14. The van der Waals surface area contributed by atoms with Crippen molar-refractivity contribution in [2.45, 2.75) is 0 Å². The van der Waals surface area contributed by atoms with E-state index >= 15 is 0 Å². The minimum atomic E-state index is -0.00949. The molecule has 3 rings (SSSR count). The van der Waals surface area contributed by atoms with Crippen LogP contribution in [0.15, 0.2) is 36.5 Å². The Bertz CT molecular complexity index is 662. The fraction of sp³-hybridized carbons (Fsp3) is 0.267. The number of para-hydroxylation sites is 2. The highest BCUT2D eigenvalue weighted by Crippen LogP contribution is 2.32. The van der Waals surface area contributed by atoms with Gasteiger partial charge in [0.05, 0.1) is 17.1 Å². The van der Waals surface area contributed by atoms with Gasteiger partial charge in [0.15, 0.2) is 0 Å². The van der Waals surface area contributed by atoms with Gasteiger partial charge >= 0.3 is 0 Å². The lowest BCUT2D eigenvalue weighted by Crippen LogP contribution is -2.43. The van der Waals surface area contributed by atoms with Crippen LogP contribution in [-0.4, -0.2) is 30.6 Å². The van der Waals surface area contributed by atoms with E-state index in [0.717, 1.165) is 17.9 Å². The molecule has 0 bridgehead atoms. The lowest BCUT2D eigenvalue weighted by Gasteiger charge is -2.35. The predicted molar refractivity (Wildman–Crippen MR) is 81.2 cm³/mol. The number of benzene rings is 1. The molecule has 0 unspecified atom stereocenters. The van der Waals surface area contributed by atoms with E-state index in [1.54, 1.807) is 16.8 Å². The van der Waals surface area contributed by atoms with Gasteiger partial charge in [-0.05, 0) is 18.2 Å². The van der Waals surface area contributed by atoms with Crippen molar-refractivity contribution in [3.8, 4) is 0 Å². The van der Waals surface area contributed by atoms with E-state index in [9.17, 15) is 4.79 Å². The summed E-state index contributed by atoms with van der Waals surface area (Å²) >= 11 is 0. The Morgan fingerprint density at radius 1 is 1.15 bits per heavy atom. The number of nitrogen functional groups attached to an aromatic ring is 1. The molecular formula is C15H18N4O. The summed E-state index contributed by atoms with van der Waals surface area (Å²) in [5, 5.41) is 0. The maximum absolute atomic E-state index is 12.7. The van der Waals surface area contributed by atoms with Gasteiger partial charge in [-0.1, -0.05) is 12.1 Å². The second-order valence-corrected chi connectivity index (χ2v) is 5.14. The van der Waals surface area contributed by atoms with Gasteiger partial charge in [-0.25, -0.2) is 0 Å². The SMILES string of the molecule is CN1CCN(C(=O)c2cc(N)cn2C)c2ccccc21. The Hall–Kier alpha value is -2.43. The molecule has 2 heterocycles. The highest BCUT2D eigenvalue weighted by Gasteiger charge is 2.27. The lowest BCUT2D eigenvalue weighted by molar-refractivity contribution is 0.0979. The Morgan fingerprint density at radius 3 is 2.50 bits per heavy atom. The molecular weight excluding hydrogens is 252 g/mol. The van der Waals surface area contributed by atoms with E-state index in [0.29, 0.717) is 17.9 Å². The number of hydrogen-bond donors (Lipinski definition) is 1.